The molecule has 0 aromatic heterocycles. The van der Waals surface area contributed by atoms with E-state index in [-0.39, 0.29) is 5.92 Å². The van der Waals surface area contributed by atoms with E-state index in [1.807, 2.05) is 12.1 Å². The lowest BCUT2D eigenvalue weighted by Crippen LogP contribution is -2.50. The summed E-state index contributed by atoms with van der Waals surface area (Å²) in [5.74, 6) is 3.72. The lowest BCUT2D eigenvalue weighted by Gasteiger charge is -2.53. The predicted molar refractivity (Wildman–Crippen MR) is 89.5 cm³/mol. The molecule has 4 bridgehead atoms. The Balaban J connectivity index is 1.41. The Morgan fingerprint density at radius 1 is 1.04 bits per heavy atom. The first-order chi connectivity index (χ1) is 11.2. The minimum atomic E-state index is 0.275. The Labute approximate surface area is 138 Å². The molecule has 1 aromatic rings. The second-order valence-corrected chi connectivity index (χ2v) is 7.88. The Bertz CT molecular complexity index is 555. The van der Waals surface area contributed by atoms with Gasteiger partial charge in [-0.05, 0) is 66.9 Å². The average Bonchev–Trinajstić information content (AvgIpc) is 2.53. The van der Waals surface area contributed by atoms with Gasteiger partial charge in [0.25, 0.3) is 0 Å². The number of benzene rings is 1. The maximum absolute atomic E-state index is 12.8. The molecular weight excluding hydrogens is 286 g/mol. The first-order valence-electron chi connectivity index (χ1n) is 9.08. The third kappa shape index (κ3) is 2.91. The second-order valence-electron chi connectivity index (χ2n) is 7.88. The summed E-state index contributed by atoms with van der Waals surface area (Å²) >= 11 is 0. The quantitative estimate of drug-likeness (QED) is 0.903. The highest BCUT2D eigenvalue weighted by Gasteiger charge is 2.50. The van der Waals surface area contributed by atoms with Crippen LogP contribution in [0.2, 0.25) is 0 Å². The van der Waals surface area contributed by atoms with Gasteiger partial charge in [0.05, 0.1) is 6.61 Å². The van der Waals surface area contributed by atoms with Gasteiger partial charge in [-0.25, -0.2) is 0 Å². The van der Waals surface area contributed by atoms with Gasteiger partial charge >= 0.3 is 0 Å². The third-order valence-corrected chi connectivity index (χ3v) is 6.40. The van der Waals surface area contributed by atoms with E-state index in [1.54, 1.807) is 7.11 Å². The van der Waals surface area contributed by atoms with Crippen LogP contribution >= 0.6 is 0 Å². The van der Waals surface area contributed by atoms with Crippen molar-refractivity contribution in [2.45, 2.75) is 45.3 Å². The van der Waals surface area contributed by atoms with E-state index in [0.29, 0.717) is 30.9 Å². The minimum absolute atomic E-state index is 0.275. The topological polar surface area (TPSA) is 38.3 Å². The summed E-state index contributed by atoms with van der Waals surface area (Å²) in [4.78, 5) is 12.8. The van der Waals surface area contributed by atoms with Gasteiger partial charge in [-0.2, -0.15) is 0 Å². The van der Waals surface area contributed by atoms with Crippen LogP contribution in [-0.4, -0.2) is 13.0 Å². The number of ether oxygens (including phenoxy) is 1. The van der Waals surface area contributed by atoms with Crippen molar-refractivity contribution >= 4 is 5.91 Å². The van der Waals surface area contributed by atoms with Gasteiger partial charge in [0.1, 0.15) is 0 Å². The highest BCUT2D eigenvalue weighted by molar-refractivity contribution is 5.79. The van der Waals surface area contributed by atoms with Crippen molar-refractivity contribution in [2.24, 2.45) is 29.6 Å². The summed E-state index contributed by atoms with van der Waals surface area (Å²) in [7, 11) is 1.71. The van der Waals surface area contributed by atoms with Gasteiger partial charge in [0, 0.05) is 19.6 Å². The van der Waals surface area contributed by atoms with E-state index in [0.717, 1.165) is 11.8 Å². The Morgan fingerprint density at radius 2 is 1.65 bits per heavy atom. The molecule has 0 aliphatic heterocycles. The lowest BCUT2D eigenvalue weighted by molar-refractivity contribution is -0.138. The molecule has 3 nitrogen and oxygen atoms in total. The maximum atomic E-state index is 12.8. The van der Waals surface area contributed by atoms with Gasteiger partial charge in [0.15, 0.2) is 0 Å². The predicted octanol–water partition coefficient (Wildman–Crippen LogP) is 3.52. The first-order valence-corrected chi connectivity index (χ1v) is 9.08. The summed E-state index contributed by atoms with van der Waals surface area (Å²) < 4.78 is 5.26. The molecule has 23 heavy (non-hydrogen) atoms. The van der Waals surface area contributed by atoms with Crippen LogP contribution in [0.1, 0.15) is 43.2 Å². The number of hydrogen-bond donors (Lipinski definition) is 1. The van der Waals surface area contributed by atoms with Crippen LogP contribution in [0.15, 0.2) is 24.3 Å². The molecule has 1 N–H and O–H groups in total. The largest absolute Gasteiger partial charge is 0.380 e. The van der Waals surface area contributed by atoms with Crippen molar-refractivity contribution in [3.8, 4) is 0 Å². The average molecular weight is 313 g/mol. The van der Waals surface area contributed by atoms with Crippen molar-refractivity contribution in [3.05, 3.63) is 35.4 Å². The number of nitrogens with one attached hydrogen (secondary N) is 1. The van der Waals surface area contributed by atoms with Gasteiger partial charge in [-0.1, -0.05) is 24.3 Å². The Kier molecular flexibility index (Phi) is 4.14. The number of methoxy groups -OCH3 is 1. The van der Waals surface area contributed by atoms with Crippen molar-refractivity contribution < 1.29 is 9.53 Å². The fourth-order valence-electron chi connectivity index (χ4n) is 5.68. The fourth-order valence-corrected chi connectivity index (χ4v) is 5.68. The van der Waals surface area contributed by atoms with Crippen LogP contribution in [0.4, 0.5) is 0 Å². The fraction of sp³-hybridized carbons (Fsp3) is 0.650. The summed E-state index contributed by atoms with van der Waals surface area (Å²) in [6, 6.07) is 8.22. The summed E-state index contributed by atoms with van der Waals surface area (Å²) in [5, 5.41) is 3.23. The van der Waals surface area contributed by atoms with Crippen LogP contribution in [0, 0.1) is 29.6 Å². The zero-order chi connectivity index (χ0) is 15.8. The minimum Gasteiger partial charge on any atom is -0.380 e. The number of hydrogen-bond acceptors (Lipinski definition) is 2. The van der Waals surface area contributed by atoms with Crippen molar-refractivity contribution in [3.63, 3.8) is 0 Å². The summed E-state index contributed by atoms with van der Waals surface area (Å²) in [5.41, 5.74) is 2.34. The molecule has 4 fully saturated rings. The molecule has 4 aliphatic carbocycles. The van der Waals surface area contributed by atoms with E-state index in [1.165, 1.54) is 43.2 Å². The van der Waals surface area contributed by atoms with E-state index in [4.69, 9.17) is 4.74 Å². The Hall–Kier alpha value is -1.35. The zero-order valence-electron chi connectivity index (χ0n) is 14.0. The standard InChI is InChI=1S/C20H27NO2/c1-23-12-16-5-3-2-4-15(16)11-21-20(22)19-17-7-13-6-14(9-17)10-18(19)8-13/h2-5,13-14,17-19H,6-12H2,1H3,(H,21,22). The second kappa shape index (κ2) is 6.27. The van der Waals surface area contributed by atoms with Gasteiger partial charge in [0.2, 0.25) is 5.91 Å². The highest BCUT2D eigenvalue weighted by Crippen LogP contribution is 2.56. The molecule has 4 aliphatic rings. The molecule has 0 unspecified atom stereocenters. The van der Waals surface area contributed by atoms with E-state index in [2.05, 4.69) is 17.4 Å². The van der Waals surface area contributed by atoms with Crippen molar-refractivity contribution in [1.82, 2.24) is 5.32 Å². The van der Waals surface area contributed by atoms with Crippen LogP contribution in [0.5, 0.6) is 0 Å². The summed E-state index contributed by atoms with van der Waals surface area (Å²) in [6.45, 7) is 1.23. The third-order valence-electron chi connectivity index (χ3n) is 6.40. The van der Waals surface area contributed by atoms with E-state index >= 15 is 0 Å². The van der Waals surface area contributed by atoms with Crippen molar-refractivity contribution in [2.75, 3.05) is 7.11 Å². The molecule has 0 radical (unpaired) electrons. The number of carbonyl (C=O) groups excluding carboxylic acids is 1. The first kappa shape index (κ1) is 15.2. The SMILES string of the molecule is COCc1ccccc1CNC(=O)C1C2CC3CC(C2)CC1C3. The van der Waals surface area contributed by atoms with Crippen LogP contribution < -0.4 is 5.32 Å². The van der Waals surface area contributed by atoms with Gasteiger partial charge in [-0.15, -0.1) is 0 Å². The number of amides is 1. The lowest BCUT2D eigenvalue weighted by atomic mass is 9.51. The summed E-state index contributed by atoms with van der Waals surface area (Å²) in [6.07, 6.45) is 6.62. The smallest absolute Gasteiger partial charge is 0.223 e. The number of carbonyl (C=O) groups is 1. The van der Waals surface area contributed by atoms with Crippen molar-refractivity contribution in [1.29, 1.82) is 0 Å². The molecule has 5 rings (SSSR count). The van der Waals surface area contributed by atoms with E-state index < -0.39 is 0 Å². The molecule has 0 heterocycles. The maximum Gasteiger partial charge on any atom is 0.223 e. The number of rotatable bonds is 5. The molecular formula is C20H27NO2. The molecule has 3 heteroatoms. The van der Waals surface area contributed by atoms with Gasteiger partial charge in [-0.3, -0.25) is 4.79 Å². The van der Waals surface area contributed by atoms with Crippen LogP contribution in [0.3, 0.4) is 0 Å². The monoisotopic (exact) mass is 313 g/mol. The molecule has 0 saturated heterocycles. The molecule has 1 aromatic carbocycles. The van der Waals surface area contributed by atoms with Crippen LogP contribution in [0.25, 0.3) is 0 Å². The molecule has 1 amide bonds. The Morgan fingerprint density at radius 3 is 2.26 bits per heavy atom. The molecule has 0 atom stereocenters. The molecule has 0 spiro atoms. The normalized spacial score (nSPS) is 34.6. The zero-order valence-corrected chi connectivity index (χ0v) is 14.0. The molecule has 124 valence electrons. The van der Waals surface area contributed by atoms with E-state index in [9.17, 15) is 4.79 Å². The van der Waals surface area contributed by atoms with Crippen LogP contribution in [-0.2, 0) is 22.7 Å². The highest BCUT2D eigenvalue weighted by atomic mass is 16.5. The molecule has 4 saturated carbocycles. The van der Waals surface area contributed by atoms with Gasteiger partial charge < -0.3 is 10.1 Å².